The molecule has 10 heteroatoms. The van der Waals surface area contributed by atoms with Gasteiger partial charge in [-0.25, -0.2) is 19.4 Å². The minimum Gasteiger partial charge on any atom is -0.464 e. The van der Waals surface area contributed by atoms with E-state index in [0.717, 1.165) is 6.04 Å². The smallest absolute Gasteiger partial charge is 0.359 e. The molecule has 2 aromatic rings. The Labute approximate surface area is 147 Å². The van der Waals surface area contributed by atoms with Crippen LogP contribution in [-0.2, 0) is 16.2 Å². The third-order valence-corrected chi connectivity index (χ3v) is 5.23. The van der Waals surface area contributed by atoms with Crippen molar-refractivity contribution in [1.82, 2.24) is 19.7 Å². The van der Waals surface area contributed by atoms with Crippen molar-refractivity contribution in [1.29, 1.82) is 0 Å². The minimum absolute atomic E-state index is 0.0625. The molecule has 0 saturated heterocycles. The summed E-state index contributed by atoms with van der Waals surface area (Å²) in [5.41, 5.74) is 0.594. The van der Waals surface area contributed by atoms with E-state index in [-0.39, 0.29) is 19.0 Å². The number of methoxy groups -OCH3 is 1. The average molecular weight is 367 g/mol. The van der Waals surface area contributed by atoms with E-state index in [1.54, 1.807) is 0 Å². The van der Waals surface area contributed by atoms with E-state index >= 15 is 0 Å². The number of esters is 1. The maximum Gasteiger partial charge on any atom is 0.359 e. The maximum absolute atomic E-state index is 12.1. The van der Waals surface area contributed by atoms with Gasteiger partial charge >= 0.3 is 5.97 Å². The van der Waals surface area contributed by atoms with Crippen LogP contribution >= 0.6 is 0 Å². The van der Waals surface area contributed by atoms with Crippen molar-refractivity contribution in [2.24, 2.45) is 0 Å². The van der Waals surface area contributed by atoms with Crippen molar-refractivity contribution in [3.63, 3.8) is 0 Å². The number of fused-ring (bicyclic) bond motifs is 1. The largest absolute Gasteiger partial charge is 0.464 e. The predicted molar refractivity (Wildman–Crippen MR) is 96.3 cm³/mol. The Bertz CT molecular complexity index is 729. The van der Waals surface area contributed by atoms with Gasteiger partial charge in [-0.3, -0.25) is 0 Å². The molecule has 2 rings (SSSR count). The van der Waals surface area contributed by atoms with Gasteiger partial charge in [0.05, 0.1) is 19.1 Å². The second kappa shape index (κ2) is 8.36. The van der Waals surface area contributed by atoms with Crippen LogP contribution in [0.2, 0.25) is 25.7 Å². The van der Waals surface area contributed by atoms with Crippen LogP contribution in [0.3, 0.4) is 0 Å². The third-order valence-electron chi connectivity index (χ3n) is 3.52. The topological polar surface area (TPSA) is 111 Å². The van der Waals surface area contributed by atoms with Crippen molar-refractivity contribution >= 4 is 30.9 Å². The van der Waals surface area contributed by atoms with Crippen LogP contribution in [0, 0.1) is 0 Å². The molecule has 0 bridgehead atoms. The fraction of sp³-hybridized carbons (Fsp3) is 0.600. The lowest BCUT2D eigenvalue weighted by atomic mass is 10.3. The van der Waals surface area contributed by atoms with Crippen molar-refractivity contribution in [2.75, 3.05) is 32.2 Å². The molecule has 0 amide bonds. The first-order valence-electron chi connectivity index (χ1n) is 8.09. The molecule has 0 aliphatic carbocycles. The molecule has 2 aromatic heterocycles. The lowest BCUT2D eigenvalue weighted by Gasteiger charge is -2.15. The molecule has 2 N–H and O–H groups in total. The Hall–Kier alpha value is -2.04. The van der Waals surface area contributed by atoms with Crippen molar-refractivity contribution in [3.05, 3.63) is 12.0 Å². The summed E-state index contributed by atoms with van der Waals surface area (Å²) >= 11 is 0. The van der Waals surface area contributed by atoms with Crippen LogP contribution in [0.25, 0.3) is 11.0 Å². The fourth-order valence-corrected chi connectivity index (χ4v) is 2.93. The molecule has 0 atom stereocenters. The highest BCUT2D eigenvalue weighted by Crippen LogP contribution is 2.24. The maximum atomic E-state index is 12.1. The second-order valence-corrected chi connectivity index (χ2v) is 12.4. The number of aromatic nitrogens is 4. The van der Waals surface area contributed by atoms with Gasteiger partial charge in [0.1, 0.15) is 18.9 Å². The Morgan fingerprint density at radius 2 is 2.12 bits per heavy atom. The first kappa shape index (κ1) is 19.3. The molecule has 0 unspecified atom stereocenters. The number of carbonyl (C=O) groups excluding carboxylic acids is 1. The molecular formula is C15H25N5O4Si. The molecule has 0 aliphatic rings. The molecule has 0 saturated carbocycles. The van der Waals surface area contributed by atoms with E-state index in [2.05, 4.69) is 40.0 Å². The van der Waals surface area contributed by atoms with Crippen molar-refractivity contribution in [2.45, 2.75) is 32.4 Å². The number of aliphatic hydroxyl groups excluding tert-OH is 1. The number of hydrogen-bond acceptors (Lipinski definition) is 8. The van der Waals surface area contributed by atoms with Gasteiger partial charge < -0.3 is 19.9 Å². The zero-order chi connectivity index (χ0) is 18.4. The third kappa shape index (κ3) is 4.97. The highest BCUT2D eigenvalue weighted by atomic mass is 28.3. The Balaban J connectivity index is 2.29. The number of rotatable bonds is 9. The Kier molecular flexibility index (Phi) is 6.45. The van der Waals surface area contributed by atoms with E-state index < -0.39 is 14.0 Å². The van der Waals surface area contributed by atoms with Gasteiger partial charge in [-0.05, 0) is 6.04 Å². The van der Waals surface area contributed by atoms with Crippen LogP contribution in [-0.4, -0.2) is 65.8 Å². The molecule has 0 radical (unpaired) electrons. The Morgan fingerprint density at radius 3 is 2.76 bits per heavy atom. The van der Waals surface area contributed by atoms with Gasteiger partial charge in [0.25, 0.3) is 0 Å². The van der Waals surface area contributed by atoms with Gasteiger partial charge in [0, 0.05) is 21.2 Å². The molecule has 0 aromatic carbocycles. The zero-order valence-electron chi connectivity index (χ0n) is 15.1. The molecular weight excluding hydrogens is 342 g/mol. The highest BCUT2D eigenvalue weighted by molar-refractivity contribution is 6.76. The normalized spacial score (nSPS) is 11.7. The summed E-state index contributed by atoms with van der Waals surface area (Å²) in [4.78, 5) is 20.4. The number of nitrogens with zero attached hydrogens (tertiary/aromatic N) is 4. The SMILES string of the molecule is COC(=O)c1nn(COCC[Si](C)(C)C)c2ncnc(NCCO)c12. The number of anilines is 1. The summed E-state index contributed by atoms with van der Waals surface area (Å²) in [5, 5.41) is 16.7. The summed E-state index contributed by atoms with van der Waals surface area (Å²) in [6.45, 7) is 7.89. The van der Waals surface area contributed by atoms with Crippen LogP contribution in [0.15, 0.2) is 6.33 Å². The molecule has 9 nitrogen and oxygen atoms in total. The number of nitrogens with one attached hydrogen (secondary N) is 1. The second-order valence-electron chi connectivity index (χ2n) is 6.76. The van der Waals surface area contributed by atoms with Crippen LogP contribution < -0.4 is 5.32 Å². The fourth-order valence-electron chi connectivity index (χ4n) is 2.18. The Morgan fingerprint density at radius 1 is 1.36 bits per heavy atom. The van der Waals surface area contributed by atoms with E-state index in [0.29, 0.717) is 30.0 Å². The van der Waals surface area contributed by atoms with Crippen LogP contribution in [0.4, 0.5) is 5.82 Å². The standard InChI is InChI=1S/C15H25N5O4Si/c1-23-15(22)12-11-13(16-5-6-21)17-9-18-14(11)20(19-12)10-24-7-8-25(2,3)4/h9,21H,5-8,10H2,1-4H3,(H,16,17,18). The molecule has 0 spiro atoms. The lowest BCUT2D eigenvalue weighted by Crippen LogP contribution is -2.22. The molecule has 2 heterocycles. The van der Waals surface area contributed by atoms with Crippen molar-refractivity contribution in [3.8, 4) is 0 Å². The molecule has 25 heavy (non-hydrogen) atoms. The first-order valence-corrected chi connectivity index (χ1v) is 11.8. The summed E-state index contributed by atoms with van der Waals surface area (Å²) < 4.78 is 12.0. The molecule has 0 aliphatic heterocycles. The zero-order valence-corrected chi connectivity index (χ0v) is 16.1. The van der Waals surface area contributed by atoms with Crippen LogP contribution in [0.5, 0.6) is 0 Å². The quantitative estimate of drug-likeness (QED) is 0.388. The summed E-state index contributed by atoms with van der Waals surface area (Å²) in [7, 11) is 0.114. The van der Waals surface area contributed by atoms with Gasteiger partial charge in [-0.1, -0.05) is 19.6 Å². The number of hydrogen-bond donors (Lipinski definition) is 2. The monoisotopic (exact) mass is 367 g/mol. The van der Waals surface area contributed by atoms with Crippen LogP contribution in [0.1, 0.15) is 10.5 Å². The van der Waals surface area contributed by atoms with Gasteiger partial charge in [0.15, 0.2) is 11.3 Å². The number of ether oxygens (including phenoxy) is 2. The minimum atomic E-state index is -1.18. The van der Waals surface area contributed by atoms with E-state index in [1.807, 2.05) is 0 Å². The van der Waals surface area contributed by atoms with E-state index in [1.165, 1.54) is 18.1 Å². The van der Waals surface area contributed by atoms with Gasteiger partial charge in [-0.15, -0.1) is 0 Å². The highest BCUT2D eigenvalue weighted by Gasteiger charge is 2.22. The van der Waals surface area contributed by atoms with E-state index in [4.69, 9.17) is 14.6 Å². The van der Waals surface area contributed by atoms with Gasteiger partial charge in [0.2, 0.25) is 0 Å². The number of carbonyl (C=O) groups is 1. The average Bonchev–Trinajstić information content (AvgIpc) is 2.95. The first-order chi connectivity index (χ1) is 11.9. The molecule has 0 fully saturated rings. The summed E-state index contributed by atoms with van der Waals surface area (Å²) in [6.07, 6.45) is 1.38. The predicted octanol–water partition coefficient (Wildman–Crippen LogP) is 1.33. The lowest BCUT2D eigenvalue weighted by molar-refractivity contribution is 0.0585. The van der Waals surface area contributed by atoms with Gasteiger partial charge in [-0.2, -0.15) is 5.10 Å². The van der Waals surface area contributed by atoms with E-state index in [9.17, 15) is 4.79 Å². The molecule has 138 valence electrons. The summed E-state index contributed by atoms with van der Waals surface area (Å²) in [6, 6.07) is 1.04. The van der Waals surface area contributed by atoms with Crippen molar-refractivity contribution < 1.29 is 19.4 Å². The number of aliphatic hydroxyl groups is 1. The summed E-state index contributed by atoms with van der Waals surface area (Å²) in [5.74, 6) is -0.152.